The van der Waals surface area contributed by atoms with Crippen LogP contribution >= 0.6 is 22.6 Å². The molecule has 0 saturated carbocycles. The monoisotopic (exact) mass is 393 g/mol. The highest BCUT2D eigenvalue weighted by atomic mass is 127. The summed E-state index contributed by atoms with van der Waals surface area (Å²) in [6.07, 6.45) is 0. The Morgan fingerprint density at radius 3 is 2.16 bits per heavy atom. The Kier molecular flexibility index (Phi) is 3.74. The normalized spacial score (nSPS) is 16.4. The number of nitrogens with zero attached hydrogens (tertiary/aromatic N) is 1. The molecule has 0 radical (unpaired) electrons. The molecule has 0 aliphatic carbocycles. The molecule has 0 aromatic heterocycles. The van der Waals surface area contributed by atoms with Gasteiger partial charge >= 0.3 is 10.1 Å². The molecular formula is C11H8INO5S. The number of carbonyl (C=O) groups excluding carboxylic acids is 2. The zero-order valence-electron chi connectivity index (χ0n) is 9.66. The van der Waals surface area contributed by atoms with Gasteiger partial charge in [-0.1, -0.05) is 18.2 Å². The summed E-state index contributed by atoms with van der Waals surface area (Å²) < 4.78 is 28.6. The van der Waals surface area contributed by atoms with Gasteiger partial charge in [-0.3, -0.25) is 9.59 Å². The van der Waals surface area contributed by atoms with Crippen LogP contribution in [-0.4, -0.2) is 25.3 Å². The van der Waals surface area contributed by atoms with Crippen molar-refractivity contribution in [1.82, 2.24) is 5.06 Å². The molecule has 2 amide bonds. The minimum Gasteiger partial charge on any atom is -0.267 e. The lowest BCUT2D eigenvalue weighted by atomic mass is 10.3. The lowest BCUT2D eigenvalue weighted by Gasteiger charge is -2.13. The van der Waals surface area contributed by atoms with Gasteiger partial charge in [-0.05, 0) is 41.6 Å². The standard InChI is InChI=1S/C11H8INO5S/c1-7-9(12)11(15)13(10(7)14)18-19(16,17)8-5-3-2-4-6-8/h2-6H,1H3. The topological polar surface area (TPSA) is 80.8 Å². The Bertz CT molecular complexity index is 656. The van der Waals surface area contributed by atoms with Crippen molar-refractivity contribution >= 4 is 44.5 Å². The van der Waals surface area contributed by atoms with Crippen molar-refractivity contribution < 1.29 is 22.3 Å². The number of imide groups is 1. The molecule has 1 aromatic rings. The van der Waals surface area contributed by atoms with Crippen LogP contribution < -0.4 is 0 Å². The fraction of sp³-hybridized carbons (Fsp3) is 0.0909. The number of hydrogen-bond acceptors (Lipinski definition) is 5. The minimum atomic E-state index is -4.20. The van der Waals surface area contributed by atoms with E-state index in [2.05, 4.69) is 4.28 Å². The van der Waals surface area contributed by atoms with Crippen LogP contribution in [0.3, 0.4) is 0 Å². The van der Waals surface area contributed by atoms with Crippen LogP contribution in [0.15, 0.2) is 44.4 Å². The second kappa shape index (κ2) is 5.02. The molecule has 1 aliphatic heterocycles. The van der Waals surface area contributed by atoms with Crippen LogP contribution in [0.2, 0.25) is 0 Å². The van der Waals surface area contributed by atoms with Gasteiger partial charge in [-0.2, -0.15) is 8.42 Å². The zero-order chi connectivity index (χ0) is 14.2. The molecular weight excluding hydrogens is 385 g/mol. The second-order valence-corrected chi connectivity index (χ2v) is 6.29. The third-order valence-corrected chi connectivity index (χ3v) is 4.88. The van der Waals surface area contributed by atoms with E-state index in [1.54, 1.807) is 28.7 Å². The molecule has 1 heterocycles. The quantitative estimate of drug-likeness (QED) is 0.573. The number of amides is 2. The molecule has 8 heteroatoms. The number of hydrogen-bond donors (Lipinski definition) is 0. The van der Waals surface area contributed by atoms with Gasteiger partial charge in [0.15, 0.2) is 0 Å². The third-order valence-electron chi connectivity index (χ3n) is 2.41. The van der Waals surface area contributed by atoms with Crippen molar-refractivity contribution in [3.05, 3.63) is 39.5 Å². The Balaban J connectivity index is 2.29. The molecule has 0 spiro atoms. The predicted octanol–water partition coefficient (Wildman–Crippen LogP) is 1.38. The molecule has 0 N–H and O–H groups in total. The van der Waals surface area contributed by atoms with E-state index in [1.807, 2.05) is 0 Å². The SMILES string of the molecule is CC1=C(I)C(=O)N(OS(=O)(=O)c2ccccc2)C1=O. The van der Waals surface area contributed by atoms with E-state index in [9.17, 15) is 18.0 Å². The van der Waals surface area contributed by atoms with E-state index >= 15 is 0 Å². The molecule has 0 fully saturated rings. The fourth-order valence-corrected chi connectivity index (χ4v) is 2.74. The van der Waals surface area contributed by atoms with Crippen LogP contribution in [0, 0.1) is 0 Å². The first-order valence-electron chi connectivity index (χ1n) is 5.09. The number of halogens is 1. The molecule has 6 nitrogen and oxygen atoms in total. The molecule has 0 bridgehead atoms. The summed E-state index contributed by atoms with van der Waals surface area (Å²) in [5.41, 5.74) is 0.161. The zero-order valence-corrected chi connectivity index (χ0v) is 12.6. The van der Waals surface area contributed by atoms with Crippen LogP contribution in [0.5, 0.6) is 0 Å². The average Bonchev–Trinajstić information content (AvgIpc) is 2.57. The average molecular weight is 393 g/mol. The molecule has 100 valence electrons. The van der Waals surface area contributed by atoms with Gasteiger partial charge in [0.2, 0.25) is 0 Å². The first-order valence-corrected chi connectivity index (χ1v) is 7.58. The molecule has 1 aliphatic rings. The highest BCUT2D eigenvalue weighted by molar-refractivity contribution is 14.1. The molecule has 2 rings (SSSR count). The maximum absolute atomic E-state index is 11.9. The number of rotatable bonds is 3. The van der Waals surface area contributed by atoms with Gasteiger partial charge in [0.05, 0.1) is 8.48 Å². The largest absolute Gasteiger partial charge is 0.318 e. The van der Waals surface area contributed by atoms with E-state index < -0.39 is 21.9 Å². The highest BCUT2D eigenvalue weighted by Crippen LogP contribution is 2.27. The summed E-state index contributed by atoms with van der Waals surface area (Å²) in [4.78, 5) is 23.2. The van der Waals surface area contributed by atoms with E-state index in [0.29, 0.717) is 0 Å². The summed E-state index contributed by atoms with van der Waals surface area (Å²) in [6, 6.07) is 7.28. The van der Waals surface area contributed by atoms with E-state index in [-0.39, 0.29) is 19.1 Å². The second-order valence-electron chi connectivity index (χ2n) is 3.69. The Labute approximate surface area is 123 Å². The molecule has 0 unspecified atom stereocenters. The van der Waals surface area contributed by atoms with Crippen molar-refractivity contribution in [2.24, 2.45) is 0 Å². The van der Waals surface area contributed by atoms with Crippen LogP contribution in [0.4, 0.5) is 0 Å². The summed E-state index contributed by atoms with van der Waals surface area (Å²) in [5, 5.41) is 0.263. The fourth-order valence-electron chi connectivity index (χ4n) is 1.38. The lowest BCUT2D eigenvalue weighted by Crippen LogP contribution is -2.34. The van der Waals surface area contributed by atoms with Crippen molar-refractivity contribution in [2.75, 3.05) is 0 Å². The van der Waals surface area contributed by atoms with Gasteiger partial charge in [-0.25, -0.2) is 0 Å². The van der Waals surface area contributed by atoms with Gasteiger partial charge < -0.3 is 0 Å². The summed E-state index contributed by atoms with van der Waals surface area (Å²) >= 11 is 1.67. The first kappa shape index (κ1) is 14.2. The van der Waals surface area contributed by atoms with E-state index in [1.165, 1.54) is 31.2 Å². The van der Waals surface area contributed by atoms with Crippen molar-refractivity contribution in [2.45, 2.75) is 11.8 Å². The van der Waals surface area contributed by atoms with Crippen LogP contribution in [-0.2, 0) is 24.0 Å². The minimum absolute atomic E-state index is 0.129. The van der Waals surface area contributed by atoms with Crippen LogP contribution in [0.25, 0.3) is 0 Å². The van der Waals surface area contributed by atoms with Gasteiger partial charge in [0.25, 0.3) is 11.8 Å². The van der Waals surface area contributed by atoms with Gasteiger partial charge in [0, 0.05) is 5.57 Å². The maximum Gasteiger partial charge on any atom is 0.318 e. The Morgan fingerprint density at radius 2 is 1.68 bits per heavy atom. The summed E-state index contributed by atoms with van der Waals surface area (Å²) in [6.45, 7) is 1.43. The number of benzene rings is 1. The Hall–Kier alpha value is -1.26. The van der Waals surface area contributed by atoms with Gasteiger partial charge in [0.1, 0.15) is 0 Å². The van der Waals surface area contributed by atoms with E-state index in [0.717, 1.165) is 0 Å². The summed E-state index contributed by atoms with van der Waals surface area (Å²) in [5.74, 6) is -1.54. The number of hydroxylamine groups is 2. The highest BCUT2D eigenvalue weighted by Gasteiger charge is 2.39. The van der Waals surface area contributed by atoms with Gasteiger partial charge in [-0.15, -0.1) is 9.35 Å². The van der Waals surface area contributed by atoms with Crippen LogP contribution in [0.1, 0.15) is 6.92 Å². The molecule has 0 saturated heterocycles. The molecule has 19 heavy (non-hydrogen) atoms. The van der Waals surface area contributed by atoms with Crippen molar-refractivity contribution in [3.63, 3.8) is 0 Å². The van der Waals surface area contributed by atoms with Crippen molar-refractivity contribution in [1.29, 1.82) is 0 Å². The first-order chi connectivity index (χ1) is 8.84. The van der Waals surface area contributed by atoms with E-state index in [4.69, 9.17) is 0 Å². The third kappa shape index (κ3) is 2.55. The smallest absolute Gasteiger partial charge is 0.267 e. The van der Waals surface area contributed by atoms with Crippen molar-refractivity contribution in [3.8, 4) is 0 Å². The Morgan fingerprint density at radius 1 is 1.11 bits per heavy atom. The summed E-state index contributed by atoms with van der Waals surface area (Å²) in [7, 11) is -4.20. The number of carbonyl (C=O) groups is 2. The predicted molar refractivity (Wildman–Crippen MR) is 73.3 cm³/mol. The maximum atomic E-state index is 11.9. The lowest BCUT2D eigenvalue weighted by molar-refractivity contribution is -0.162. The molecule has 1 aromatic carbocycles. The molecule has 0 atom stereocenters.